The number of methoxy groups -OCH3 is 1. The van der Waals surface area contributed by atoms with E-state index < -0.39 is 0 Å². The van der Waals surface area contributed by atoms with E-state index in [1.807, 2.05) is 77.7 Å². The predicted octanol–water partition coefficient (Wildman–Crippen LogP) is 4.72. The number of ether oxygens (including phenoxy) is 1. The van der Waals surface area contributed by atoms with E-state index in [2.05, 4.69) is 12.1 Å². The lowest BCUT2D eigenvalue weighted by atomic mass is 10.1. The molecule has 0 N–H and O–H groups in total. The van der Waals surface area contributed by atoms with Crippen LogP contribution in [0.4, 0.5) is 5.69 Å². The lowest BCUT2D eigenvalue weighted by Crippen LogP contribution is -2.33. The highest BCUT2D eigenvalue weighted by atomic mass is 16.5. The minimum atomic E-state index is 0.00471. The maximum absolute atomic E-state index is 13.2. The van der Waals surface area contributed by atoms with Crippen molar-refractivity contribution in [2.75, 3.05) is 18.6 Å². The number of amides is 1. The van der Waals surface area contributed by atoms with Crippen LogP contribution in [0.5, 0.6) is 0 Å². The van der Waals surface area contributed by atoms with Gasteiger partial charge in [-0.25, -0.2) is 0 Å². The molecule has 132 valence electrons. The van der Waals surface area contributed by atoms with E-state index in [0.29, 0.717) is 18.7 Å². The van der Waals surface area contributed by atoms with Crippen LogP contribution in [0.15, 0.2) is 84.9 Å². The van der Waals surface area contributed by atoms with Crippen LogP contribution in [0.25, 0.3) is 0 Å². The van der Waals surface area contributed by atoms with Gasteiger partial charge in [0.2, 0.25) is 0 Å². The Labute approximate surface area is 154 Å². The van der Waals surface area contributed by atoms with Crippen molar-refractivity contribution in [3.05, 3.63) is 102 Å². The van der Waals surface area contributed by atoms with Crippen LogP contribution in [0.3, 0.4) is 0 Å². The van der Waals surface area contributed by atoms with Crippen molar-refractivity contribution < 1.29 is 9.53 Å². The van der Waals surface area contributed by atoms with Crippen molar-refractivity contribution in [1.29, 1.82) is 0 Å². The molecule has 3 rings (SSSR count). The quantitative estimate of drug-likeness (QED) is 0.620. The molecule has 3 aromatic rings. The number of nitrogens with zero attached hydrogens (tertiary/aromatic N) is 1. The number of carbonyl (C=O) groups is 1. The molecular weight excluding hydrogens is 322 g/mol. The molecule has 26 heavy (non-hydrogen) atoms. The Bertz CT molecular complexity index is 831. The number of anilines is 1. The maximum Gasteiger partial charge on any atom is 0.258 e. The highest BCUT2D eigenvalue weighted by Gasteiger charge is 2.18. The zero-order valence-electron chi connectivity index (χ0n) is 15.0. The number of para-hydroxylation sites is 1. The number of hydrogen-bond acceptors (Lipinski definition) is 2. The molecule has 0 aliphatic heterocycles. The minimum Gasteiger partial charge on any atom is -0.380 e. The van der Waals surface area contributed by atoms with Gasteiger partial charge in [0.25, 0.3) is 5.91 Å². The normalized spacial score (nSPS) is 10.5. The third-order valence-electron chi connectivity index (χ3n) is 4.26. The average Bonchev–Trinajstić information content (AvgIpc) is 2.70. The fourth-order valence-electron chi connectivity index (χ4n) is 2.96. The first kappa shape index (κ1) is 17.9. The SMILES string of the molecule is COCc1cccc(C(=O)N(CCc2ccccc2)c2ccccc2)c1. The molecule has 0 radical (unpaired) electrons. The largest absolute Gasteiger partial charge is 0.380 e. The summed E-state index contributed by atoms with van der Waals surface area (Å²) in [6.07, 6.45) is 0.805. The van der Waals surface area contributed by atoms with Crippen molar-refractivity contribution in [1.82, 2.24) is 0 Å². The van der Waals surface area contributed by atoms with Gasteiger partial charge in [0.15, 0.2) is 0 Å². The Morgan fingerprint density at radius 3 is 2.19 bits per heavy atom. The van der Waals surface area contributed by atoms with Gasteiger partial charge in [-0.05, 0) is 41.8 Å². The third kappa shape index (κ3) is 4.58. The fraction of sp³-hybridized carbons (Fsp3) is 0.174. The molecule has 0 saturated heterocycles. The predicted molar refractivity (Wildman–Crippen MR) is 105 cm³/mol. The Hall–Kier alpha value is -2.91. The molecular formula is C23H23NO2. The Morgan fingerprint density at radius 1 is 0.846 bits per heavy atom. The van der Waals surface area contributed by atoms with Crippen LogP contribution in [0.1, 0.15) is 21.5 Å². The summed E-state index contributed by atoms with van der Waals surface area (Å²) >= 11 is 0. The lowest BCUT2D eigenvalue weighted by Gasteiger charge is -2.23. The first-order valence-electron chi connectivity index (χ1n) is 8.76. The van der Waals surface area contributed by atoms with Crippen molar-refractivity contribution in [3.8, 4) is 0 Å². The fourth-order valence-corrected chi connectivity index (χ4v) is 2.96. The molecule has 3 nitrogen and oxygen atoms in total. The molecule has 0 aromatic heterocycles. The number of rotatable bonds is 7. The molecule has 0 spiro atoms. The summed E-state index contributed by atoms with van der Waals surface area (Å²) in [6, 6.07) is 27.7. The average molecular weight is 345 g/mol. The van der Waals surface area contributed by atoms with Crippen molar-refractivity contribution in [2.45, 2.75) is 13.0 Å². The zero-order valence-corrected chi connectivity index (χ0v) is 15.0. The van der Waals surface area contributed by atoms with Crippen molar-refractivity contribution in [2.24, 2.45) is 0 Å². The van der Waals surface area contributed by atoms with Crippen LogP contribution < -0.4 is 4.90 Å². The summed E-state index contributed by atoms with van der Waals surface area (Å²) in [7, 11) is 1.66. The molecule has 3 heteroatoms. The number of benzene rings is 3. The van der Waals surface area contributed by atoms with Gasteiger partial charge in [-0.3, -0.25) is 4.79 Å². The molecule has 3 aromatic carbocycles. The molecule has 0 heterocycles. The highest BCUT2D eigenvalue weighted by Crippen LogP contribution is 2.19. The van der Waals surface area contributed by atoms with E-state index >= 15 is 0 Å². The number of hydrogen-bond donors (Lipinski definition) is 0. The van der Waals surface area contributed by atoms with Gasteiger partial charge in [-0.2, -0.15) is 0 Å². The van der Waals surface area contributed by atoms with Gasteiger partial charge >= 0.3 is 0 Å². The minimum absolute atomic E-state index is 0.00471. The van der Waals surface area contributed by atoms with Crippen LogP contribution in [-0.4, -0.2) is 19.6 Å². The second-order valence-electron chi connectivity index (χ2n) is 6.16. The van der Waals surface area contributed by atoms with Crippen LogP contribution in [0.2, 0.25) is 0 Å². The zero-order chi connectivity index (χ0) is 18.2. The Morgan fingerprint density at radius 2 is 1.50 bits per heavy atom. The second-order valence-corrected chi connectivity index (χ2v) is 6.16. The number of carbonyl (C=O) groups excluding carboxylic acids is 1. The van der Waals surface area contributed by atoms with E-state index in [-0.39, 0.29) is 5.91 Å². The summed E-state index contributed by atoms with van der Waals surface area (Å²) in [4.78, 5) is 15.1. The van der Waals surface area contributed by atoms with Crippen LogP contribution in [-0.2, 0) is 17.8 Å². The van der Waals surface area contributed by atoms with Crippen LogP contribution in [0, 0.1) is 0 Å². The summed E-state index contributed by atoms with van der Waals surface area (Å²) in [5.74, 6) is 0.00471. The van der Waals surface area contributed by atoms with E-state index in [1.54, 1.807) is 7.11 Å². The summed E-state index contributed by atoms with van der Waals surface area (Å²) in [5, 5.41) is 0. The lowest BCUT2D eigenvalue weighted by molar-refractivity contribution is 0.0987. The summed E-state index contributed by atoms with van der Waals surface area (Å²) in [5.41, 5.74) is 3.80. The molecule has 1 amide bonds. The third-order valence-corrected chi connectivity index (χ3v) is 4.26. The highest BCUT2D eigenvalue weighted by molar-refractivity contribution is 6.06. The van der Waals surface area contributed by atoms with Gasteiger partial charge in [-0.15, -0.1) is 0 Å². The molecule has 0 bridgehead atoms. The standard InChI is InChI=1S/C23H23NO2/c1-26-18-20-11-8-12-21(17-20)23(25)24(22-13-6-3-7-14-22)16-15-19-9-4-2-5-10-19/h2-14,17H,15-16,18H2,1H3. The van der Waals surface area contributed by atoms with Gasteiger partial charge in [0, 0.05) is 24.9 Å². The summed E-state index contributed by atoms with van der Waals surface area (Å²) in [6.45, 7) is 1.12. The van der Waals surface area contributed by atoms with E-state index in [0.717, 1.165) is 17.7 Å². The topological polar surface area (TPSA) is 29.5 Å². The van der Waals surface area contributed by atoms with Gasteiger partial charge < -0.3 is 9.64 Å². The first-order valence-corrected chi connectivity index (χ1v) is 8.76. The van der Waals surface area contributed by atoms with E-state index in [1.165, 1.54) is 5.56 Å². The van der Waals surface area contributed by atoms with Gasteiger partial charge in [0.05, 0.1) is 6.61 Å². The molecule has 0 atom stereocenters. The molecule has 0 saturated carbocycles. The Balaban J connectivity index is 1.85. The molecule has 0 unspecified atom stereocenters. The molecule has 0 aliphatic rings. The summed E-state index contributed by atoms with van der Waals surface area (Å²) < 4.78 is 5.19. The first-order chi connectivity index (χ1) is 12.8. The smallest absolute Gasteiger partial charge is 0.258 e. The second kappa shape index (κ2) is 8.97. The van der Waals surface area contributed by atoms with Crippen molar-refractivity contribution >= 4 is 11.6 Å². The monoisotopic (exact) mass is 345 g/mol. The van der Waals surface area contributed by atoms with E-state index in [4.69, 9.17) is 4.74 Å². The van der Waals surface area contributed by atoms with Crippen LogP contribution >= 0.6 is 0 Å². The maximum atomic E-state index is 13.2. The van der Waals surface area contributed by atoms with Gasteiger partial charge in [-0.1, -0.05) is 60.7 Å². The Kier molecular flexibility index (Phi) is 6.18. The van der Waals surface area contributed by atoms with Gasteiger partial charge in [0.1, 0.15) is 0 Å². The van der Waals surface area contributed by atoms with E-state index in [9.17, 15) is 4.79 Å². The molecule has 0 fully saturated rings. The van der Waals surface area contributed by atoms with Crippen molar-refractivity contribution in [3.63, 3.8) is 0 Å². The molecule has 0 aliphatic carbocycles.